The Morgan fingerprint density at radius 3 is 2.74 bits per heavy atom. The second-order valence-electron chi connectivity index (χ2n) is 4.17. The minimum atomic E-state index is -0.304. The molecule has 0 amide bonds. The summed E-state index contributed by atoms with van der Waals surface area (Å²) in [5.74, 6) is 1.00. The molecule has 2 N–H and O–H groups in total. The second-order valence-corrected chi connectivity index (χ2v) is 4.17. The van der Waals surface area contributed by atoms with E-state index in [1.807, 2.05) is 0 Å². The van der Waals surface area contributed by atoms with Crippen LogP contribution in [0.1, 0.15) is 19.8 Å². The highest BCUT2D eigenvalue weighted by molar-refractivity contribution is 5.59. The van der Waals surface area contributed by atoms with Crippen molar-refractivity contribution in [3.8, 4) is 0 Å². The molecule has 0 unspecified atom stereocenters. The molecule has 2 rings (SSSR count). The predicted molar refractivity (Wildman–Crippen MR) is 75.1 cm³/mol. The zero-order valence-corrected chi connectivity index (χ0v) is 10.9. The first-order valence-electron chi connectivity index (χ1n) is 6.37. The van der Waals surface area contributed by atoms with Gasteiger partial charge < -0.3 is 10.6 Å². The molecule has 0 spiro atoms. The van der Waals surface area contributed by atoms with Crippen LogP contribution < -0.4 is 10.6 Å². The SMILES string of the molecule is CCCCNc1cc(Nc2ccccc2F)ncn1. The minimum absolute atomic E-state index is 0.304. The molecular weight excluding hydrogens is 243 g/mol. The van der Waals surface area contributed by atoms with Gasteiger partial charge in [-0.05, 0) is 18.6 Å². The van der Waals surface area contributed by atoms with E-state index in [1.165, 1.54) is 12.4 Å². The number of hydrogen-bond acceptors (Lipinski definition) is 4. The van der Waals surface area contributed by atoms with Crippen molar-refractivity contribution >= 4 is 17.3 Å². The molecule has 100 valence electrons. The van der Waals surface area contributed by atoms with Gasteiger partial charge in [-0.2, -0.15) is 0 Å². The monoisotopic (exact) mass is 260 g/mol. The molecule has 0 saturated carbocycles. The number of rotatable bonds is 6. The molecule has 4 nitrogen and oxygen atoms in total. The van der Waals surface area contributed by atoms with Crippen LogP contribution in [0.5, 0.6) is 0 Å². The Balaban J connectivity index is 2.05. The van der Waals surface area contributed by atoms with Gasteiger partial charge in [0.2, 0.25) is 0 Å². The zero-order chi connectivity index (χ0) is 13.5. The van der Waals surface area contributed by atoms with Crippen LogP contribution in [0.4, 0.5) is 21.7 Å². The van der Waals surface area contributed by atoms with Crippen molar-refractivity contribution in [1.29, 1.82) is 0 Å². The van der Waals surface area contributed by atoms with E-state index in [0.717, 1.165) is 25.2 Å². The van der Waals surface area contributed by atoms with E-state index in [9.17, 15) is 4.39 Å². The van der Waals surface area contributed by atoms with Gasteiger partial charge >= 0.3 is 0 Å². The number of anilines is 3. The molecule has 2 aromatic rings. The Morgan fingerprint density at radius 2 is 1.95 bits per heavy atom. The molecule has 1 aromatic carbocycles. The topological polar surface area (TPSA) is 49.8 Å². The van der Waals surface area contributed by atoms with E-state index in [0.29, 0.717) is 11.5 Å². The fourth-order valence-corrected chi connectivity index (χ4v) is 1.62. The lowest BCUT2D eigenvalue weighted by Gasteiger charge is -2.08. The molecule has 0 aliphatic rings. The summed E-state index contributed by atoms with van der Waals surface area (Å²) < 4.78 is 13.5. The third kappa shape index (κ3) is 3.91. The number of benzene rings is 1. The van der Waals surface area contributed by atoms with E-state index in [2.05, 4.69) is 27.5 Å². The number of halogens is 1. The zero-order valence-electron chi connectivity index (χ0n) is 10.9. The van der Waals surface area contributed by atoms with Crippen molar-refractivity contribution in [2.45, 2.75) is 19.8 Å². The number of para-hydroxylation sites is 1. The normalized spacial score (nSPS) is 10.2. The Morgan fingerprint density at radius 1 is 1.16 bits per heavy atom. The lowest BCUT2D eigenvalue weighted by atomic mass is 10.3. The lowest BCUT2D eigenvalue weighted by molar-refractivity contribution is 0.632. The summed E-state index contributed by atoms with van der Waals surface area (Å²) in [6, 6.07) is 8.26. The predicted octanol–water partition coefficient (Wildman–Crippen LogP) is 3.57. The van der Waals surface area contributed by atoms with Crippen molar-refractivity contribution < 1.29 is 4.39 Å². The molecule has 0 atom stereocenters. The fourth-order valence-electron chi connectivity index (χ4n) is 1.62. The van der Waals surface area contributed by atoms with Crippen molar-refractivity contribution in [2.24, 2.45) is 0 Å². The number of aromatic nitrogens is 2. The molecular formula is C14H17FN4. The smallest absolute Gasteiger partial charge is 0.146 e. The fraction of sp³-hybridized carbons (Fsp3) is 0.286. The number of nitrogens with one attached hydrogen (secondary N) is 2. The van der Waals surface area contributed by atoms with Gasteiger partial charge in [0.05, 0.1) is 5.69 Å². The largest absolute Gasteiger partial charge is 0.370 e. The number of hydrogen-bond donors (Lipinski definition) is 2. The highest BCUT2D eigenvalue weighted by Gasteiger charge is 2.03. The summed E-state index contributed by atoms with van der Waals surface area (Å²) in [7, 11) is 0. The standard InChI is InChI=1S/C14H17FN4/c1-2-3-8-16-13-9-14(18-10-17-13)19-12-7-5-4-6-11(12)15/h4-7,9-10H,2-3,8H2,1H3,(H2,16,17,18,19). The van der Waals surface area contributed by atoms with Crippen LogP contribution in [0.3, 0.4) is 0 Å². The molecule has 0 fully saturated rings. The molecule has 0 bridgehead atoms. The van der Waals surface area contributed by atoms with Gasteiger partial charge in [-0.25, -0.2) is 14.4 Å². The van der Waals surface area contributed by atoms with Gasteiger partial charge in [-0.1, -0.05) is 25.5 Å². The summed E-state index contributed by atoms with van der Waals surface area (Å²) in [6.45, 7) is 3.00. The third-order valence-corrected chi connectivity index (χ3v) is 2.64. The Kier molecular flexibility index (Phi) is 4.66. The summed E-state index contributed by atoms with van der Waals surface area (Å²) in [5, 5.41) is 6.14. The molecule has 0 aliphatic carbocycles. The first kappa shape index (κ1) is 13.3. The average Bonchev–Trinajstić information content (AvgIpc) is 2.42. The van der Waals surface area contributed by atoms with Gasteiger partial charge in [0, 0.05) is 12.6 Å². The summed E-state index contributed by atoms with van der Waals surface area (Å²) >= 11 is 0. The van der Waals surface area contributed by atoms with Crippen LogP contribution in [-0.4, -0.2) is 16.5 Å². The third-order valence-electron chi connectivity index (χ3n) is 2.64. The summed E-state index contributed by atoms with van der Waals surface area (Å²) in [5.41, 5.74) is 0.403. The van der Waals surface area contributed by atoms with Gasteiger partial charge in [0.25, 0.3) is 0 Å². The number of nitrogens with zero attached hydrogens (tertiary/aromatic N) is 2. The average molecular weight is 260 g/mol. The van der Waals surface area contributed by atoms with Gasteiger partial charge in [0.1, 0.15) is 23.8 Å². The van der Waals surface area contributed by atoms with Crippen LogP contribution >= 0.6 is 0 Å². The van der Waals surface area contributed by atoms with Crippen molar-refractivity contribution in [2.75, 3.05) is 17.2 Å². The first-order valence-corrected chi connectivity index (χ1v) is 6.37. The number of unbranched alkanes of at least 4 members (excludes halogenated alkanes) is 1. The Bertz CT molecular complexity index is 530. The van der Waals surface area contributed by atoms with Gasteiger partial charge in [-0.3, -0.25) is 0 Å². The van der Waals surface area contributed by atoms with E-state index >= 15 is 0 Å². The highest BCUT2D eigenvalue weighted by Crippen LogP contribution is 2.18. The van der Waals surface area contributed by atoms with Crippen LogP contribution in [0.25, 0.3) is 0 Å². The summed E-state index contributed by atoms with van der Waals surface area (Å²) in [6.07, 6.45) is 3.66. The lowest BCUT2D eigenvalue weighted by Crippen LogP contribution is -2.04. The van der Waals surface area contributed by atoms with Crippen molar-refractivity contribution in [3.63, 3.8) is 0 Å². The van der Waals surface area contributed by atoms with E-state index in [1.54, 1.807) is 24.3 Å². The Hall–Kier alpha value is -2.17. The second kappa shape index (κ2) is 6.68. The summed E-state index contributed by atoms with van der Waals surface area (Å²) in [4.78, 5) is 8.19. The highest BCUT2D eigenvalue weighted by atomic mass is 19.1. The van der Waals surface area contributed by atoms with Crippen molar-refractivity contribution in [3.05, 3.63) is 42.5 Å². The van der Waals surface area contributed by atoms with E-state index in [4.69, 9.17) is 0 Å². The molecule has 0 aliphatic heterocycles. The Labute approximate surface area is 112 Å². The first-order chi connectivity index (χ1) is 9.29. The van der Waals surface area contributed by atoms with E-state index in [-0.39, 0.29) is 5.82 Å². The minimum Gasteiger partial charge on any atom is -0.370 e. The van der Waals surface area contributed by atoms with Gasteiger partial charge in [-0.15, -0.1) is 0 Å². The van der Waals surface area contributed by atoms with Crippen LogP contribution in [-0.2, 0) is 0 Å². The maximum Gasteiger partial charge on any atom is 0.146 e. The van der Waals surface area contributed by atoms with Crippen LogP contribution in [0, 0.1) is 5.82 Å². The molecule has 0 radical (unpaired) electrons. The van der Waals surface area contributed by atoms with E-state index < -0.39 is 0 Å². The van der Waals surface area contributed by atoms with Crippen LogP contribution in [0.2, 0.25) is 0 Å². The molecule has 0 saturated heterocycles. The molecule has 19 heavy (non-hydrogen) atoms. The van der Waals surface area contributed by atoms with Crippen LogP contribution in [0.15, 0.2) is 36.7 Å². The molecule has 1 aromatic heterocycles. The maximum absolute atomic E-state index is 13.5. The van der Waals surface area contributed by atoms with Crippen molar-refractivity contribution in [1.82, 2.24) is 9.97 Å². The molecule has 5 heteroatoms. The maximum atomic E-state index is 13.5. The molecule has 1 heterocycles. The quantitative estimate of drug-likeness (QED) is 0.779. The van der Waals surface area contributed by atoms with Gasteiger partial charge in [0.15, 0.2) is 0 Å².